The highest BCUT2D eigenvalue weighted by molar-refractivity contribution is 6.30. The molecule has 2 aromatic rings. The average Bonchev–Trinajstić information content (AvgIpc) is 2.90. The van der Waals surface area contributed by atoms with E-state index in [-0.39, 0.29) is 0 Å². The van der Waals surface area contributed by atoms with Crippen molar-refractivity contribution in [2.24, 2.45) is 0 Å². The predicted molar refractivity (Wildman–Crippen MR) is 72.3 cm³/mol. The van der Waals surface area contributed by atoms with Crippen molar-refractivity contribution in [2.45, 2.75) is 19.3 Å². The molecule has 94 valence electrons. The molecule has 0 spiro atoms. The molecule has 0 atom stereocenters. The molecule has 1 aliphatic heterocycles. The zero-order valence-electron chi connectivity index (χ0n) is 10.1. The Bertz CT molecular complexity index is 514. The molecule has 0 radical (unpaired) electrons. The number of halogens is 1. The maximum atomic E-state index is 5.87. The van der Waals surface area contributed by atoms with Gasteiger partial charge in [0.25, 0.3) is 0 Å². The zero-order valence-corrected chi connectivity index (χ0v) is 10.8. The summed E-state index contributed by atoms with van der Waals surface area (Å²) in [6.45, 7) is 2.12. The third kappa shape index (κ3) is 2.34. The summed E-state index contributed by atoms with van der Waals surface area (Å²) in [5.41, 5.74) is 0.996. The minimum absolute atomic E-state index is 0.731. The fourth-order valence-corrected chi connectivity index (χ4v) is 2.33. The number of benzene rings is 1. The third-order valence-corrected chi connectivity index (χ3v) is 3.46. The third-order valence-electron chi connectivity index (χ3n) is 3.21. The second kappa shape index (κ2) is 4.98. The summed E-state index contributed by atoms with van der Waals surface area (Å²) in [5, 5.41) is 7.49. The normalized spacial score (nSPS) is 15.9. The number of nitrogens with zero attached hydrogens (tertiary/aromatic N) is 4. The van der Waals surface area contributed by atoms with Crippen molar-refractivity contribution in [2.75, 3.05) is 18.1 Å². The van der Waals surface area contributed by atoms with Gasteiger partial charge in [0.2, 0.25) is 0 Å². The molecule has 0 bridgehead atoms. The molecule has 3 rings (SSSR count). The van der Waals surface area contributed by atoms with E-state index in [1.807, 2.05) is 29.1 Å². The van der Waals surface area contributed by atoms with Crippen LogP contribution in [0.1, 0.15) is 19.3 Å². The number of rotatable bonds is 2. The van der Waals surface area contributed by atoms with Gasteiger partial charge in [-0.1, -0.05) is 11.6 Å². The Morgan fingerprint density at radius 1 is 1.00 bits per heavy atom. The summed E-state index contributed by atoms with van der Waals surface area (Å²) >= 11 is 5.87. The number of hydrogen-bond donors (Lipinski definition) is 0. The van der Waals surface area contributed by atoms with Crippen LogP contribution in [0.25, 0.3) is 11.4 Å². The minimum atomic E-state index is 0.731. The summed E-state index contributed by atoms with van der Waals surface area (Å²) in [7, 11) is 0. The Labute approximate surface area is 111 Å². The molecule has 0 saturated carbocycles. The van der Waals surface area contributed by atoms with Gasteiger partial charge in [-0.05, 0) is 43.5 Å². The second-order valence-corrected chi connectivity index (χ2v) is 4.95. The highest BCUT2D eigenvalue weighted by atomic mass is 35.5. The molecule has 1 aliphatic rings. The second-order valence-electron chi connectivity index (χ2n) is 4.51. The quantitative estimate of drug-likeness (QED) is 0.835. The minimum Gasteiger partial charge on any atom is -0.295 e. The molecule has 1 aromatic heterocycles. The van der Waals surface area contributed by atoms with Gasteiger partial charge in [0, 0.05) is 23.7 Å². The lowest BCUT2D eigenvalue weighted by Crippen LogP contribution is -2.39. The first-order chi connectivity index (χ1) is 8.83. The van der Waals surface area contributed by atoms with E-state index in [0.717, 1.165) is 29.5 Å². The van der Waals surface area contributed by atoms with Crippen molar-refractivity contribution in [1.29, 1.82) is 0 Å². The first-order valence-corrected chi connectivity index (χ1v) is 6.63. The van der Waals surface area contributed by atoms with Crippen LogP contribution in [0.2, 0.25) is 5.02 Å². The topological polar surface area (TPSA) is 34.0 Å². The Morgan fingerprint density at radius 3 is 2.44 bits per heavy atom. The van der Waals surface area contributed by atoms with E-state index >= 15 is 0 Å². The van der Waals surface area contributed by atoms with E-state index in [1.165, 1.54) is 19.3 Å². The molecule has 1 saturated heterocycles. The highest BCUT2D eigenvalue weighted by Crippen LogP contribution is 2.18. The van der Waals surface area contributed by atoms with Gasteiger partial charge in [0.15, 0.2) is 5.82 Å². The van der Waals surface area contributed by atoms with Crippen molar-refractivity contribution in [3.63, 3.8) is 0 Å². The van der Waals surface area contributed by atoms with Gasteiger partial charge >= 0.3 is 0 Å². The summed E-state index contributed by atoms with van der Waals surface area (Å²) in [6, 6.07) is 7.60. The van der Waals surface area contributed by atoms with Crippen LogP contribution in [0.5, 0.6) is 0 Å². The molecule has 0 amide bonds. The molecular weight excluding hydrogens is 248 g/mol. The molecule has 0 N–H and O–H groups in total. The largest absolute Gasteiger partial charge is 0.295 e. The molecule has 18 heavy (non-hydrogen) atoms. The standard InChI is InChI=1S/C13H15ClN4/c14-12-6-4-11(5-7-12)13-15-10-18(16-13)17-8-2-1-3-9-17/h4-7,10H,1-3,8-9H2. The predicted octanol–water partition coefficient (Wildman–Crippen LogP) is 2.72. The molecule has 1 fully saturated rings. The smallest absolute Gasteiger partial charge is 0.183 e. The van der Waals surface area contributed by atoms with Gasteiger partial charge in [-0.15, -0.1) is 5.10 Å². The van der Waals surface area contributed by atoms with E-state index in [2.05, 4.69) is 15.1 Å². The van der Waals surface area contributed by atoms with Crippen LogP contribution < -0.4 is 5.01 Å². The van der Waals surface area contributed by atoms with Crippen LogP contribution in [-0.2, 0) is 0 Å². The van der Waals surface area contributed by atoms with Gasteiger partial charge in [-0.25, -0.2) is 4.98 Å². The number of piperidine rings is 1. The summed E-state index contributed by atoms with van der Waals surface area (Å²) in [6.07, 6.45) is 5.57. The van der Waals surface area contributed by atoms with Crippen molar-refractivity contribution in [3.8, 4) is 11.4 Å². The van der Waals surface area contributed by atoms with Gasteiger partial charge in [-0.2, -0.15) is 4.79 Å². The Morgan fingerprint density at radius 2 is 1.72 bits per heavy atom. The lowest BCUT2D eigenvalue weighted by atomic mass is 10.2. The Hall–Kier alpha value is -1.55. The Balaban J connectivity index is 1.82. The summed E-state index contributed by atoms with van der Waals surface area (Å²) < 4.78 is 0. The maximum absolute atomic E-state index is 5.87. The molecule has 0 unspecified atom stereocenters. The van der Waals surface area contributed by atoms with Gasteiger partial charge in [-0.3, -0.25) is 5.01 Å². The average molecular weight is 263 g/mol. The SMILES string of the molecule is Clc1ccc(-c2ncn(N3CCCCC3)n2)cc1. The van der Waals surface area contributed by atoms with E-state index < -0.39 is 0 Å². The molecule has 4 nitrogen and oxygen atoms in total. The Kier molecular flexibility index (Phi) is 3.19. The number of hydrogen-bond acceptors (Lipinski definition) is 3. The monoisotopic (exact) mass is 262 g/mol. The van der Waals surface area contributed by atoms with Crippen LogP contribution in [0.15, 0.2) is 30.6 Å². The number of aromatic nitrogens is 3. The first-order valence-electron chi connectivity index (χ1n) is 6.26. The fourth-order valence-electron chi connectivity index (χ4n) is 2.20. The molecular formula is C13H15ClN4. The van der Waals surface area contributed by atoms with E-state index in [9.17, 15) is 0 Å². The van der Waals surface area contributed by atoms with Crippen LogP contribution in [-0.4, -0.2) is 28.0 Å². The lowest BCUT2D eigenvalue weighted by molar-refractivity contribution is 0.449. The van der Waals surface area contributed by atoms with Crippen LogP contribution in [0, 0.1) is 0 Å². The highest BCUT2D eigenvalue weighted by Gasteiger charge is 2.12. The van der Waals surface area contributed by atoms with Gasteiger partial charge in [0.1, 0.15) is 6.33 Å². The van der Waals surface area contributed by atoms with Gasteiger partial charge < -0.3 is 0 Å². The van der Waals surface area contributed by atoms with Crippen molar-refractivity contribution < 1.29 is 0 Å². The maximum Gasteiger partial charge on any atom is 0.183 e. The van der Waals surface area contributed by atoms with Crippen molar-refractivity contribution >= 4 is 11.6 Å². The molecule has 5 heteroatoms. The van der Waals surface area contributed by atoms with Crippen LogP contribution in [0.4, 0.5) is 0 Å². The molecule has 2 heterocycles. The molecule has 1 aromatic carbocycles. The van der Waals surface area contributed by atoms with Crippen molar-refractivity contribution in [3.05, 3.63) is 35.6 Å². The lowest BCUT2D eigenvalue weighted by Gasteiger charge is -2.27. The molecule has 0 aliphatic carbocycles. The summed E-state index contributed by atoms with van der Waals surface area (Å²) in [5.74, 6) is 0.747. The van der Waals surface area contributed by atoms with E-state index in [1.54, 1.807) is 6.33 Å². The first kappa shape index (κ1) is 11.5. The summed E-state index contributed by atoms with van der Waals surface area (Å²) in [4.78, 5) is 6.22. The van der Waals surface area contributed by atoms with Crippen LogP contribution >= 0.6 is 11.6 Å². The van der Waals surface area contributed by atoms with E-state index in [4.69, 9.17) is 11.6 Å². The fraction of sp³-hybridized carbons (Fsp3) is 0.385. The zero-order chi connectivity index (χ0) is 12.4. The van der Waals surface area contributed by atoms with Crippen molar-refractivity contribution in [1.82, 2.24) is 14.9 Å². The van der Waals surface area contributed by atoms with Crippen LogP contribution in [0.3, 0.4) is 0 Å². The van der Waals surface area contributed by atoms with E-state index in [0.29, 0.717) is 0 Å². The van der Waals surface area contributed by atoms with Gasteiger partial charge in [0.05, 0.1) is 0 Å².